The molecule has 0 N–H and O–H groups in total. The average molecular weight is 258 g/mol. The van der Waals surface area contributed by atoms with Crippen molar-refractivity contribution in [2.24, 2.45) is 0 Å². The van der Waals surface area contributed by atoms with Gasteiger partial charge in [-0.05, 0) is 13.0 Å². The van der Waals surface area contributed by atoms with Gasteiger partial charge in [-0.1, -0.05) is 0 Å². The number of aryl methyl sites for hydroxylation is 1. The molecule has 2 heterocycles. The molecule has 0 bridgehead atoms. The van der Waals surface area contributed by atoms with E-state index in [1.807, 2.05) is 0 Å². The lowest BCUT2D eigenvalue weighted by Crippen LogP contribution is -2.42. The maximum absolute atomic E-state index is 13.3. The highest BCUT2D eigenvalue weighted by Crippen LogP contribution is 2.28. The standard InChI is InChI=1S/C12H13F3N2O/c1-8-10(13)6-9(7-16-8)11(18)17-4-2-12(14,15)3-5-17/h6-7H,2-5H2,1H3. The van der Waals surface area contributed by atoms with E-state index in [2.05, 4.69) is 4.98 Å². The zero-order valence-electron chi connectivity index (χ0n) is 9.92. The van der Waals surface area contributed by atoms with Gasteiger partial charge in [0.25, 0.3) is 11.8 Å². The van der Waals surface area contributed by atoms with Crippen molar-refractivity contribution in [2.45, 2.75) is 25.7 Å². The van der Waals surface area contributed by atoms with E-state index in [1.54, 1.807) is 0 Å². The molecule has 1 aromatic rings. The average Bonchev–Trinajstić information content (AvgIpc) is 2.32. The van der Waals surface area contributed by atoms with Gasteiger partial charge in [-0.25, -0.2) is 13.2 Å². The van der Waals surface area contributed by atoms with E-state index < -0.39 is 17.6 Å². The normalized spacial score (nSPS) is 18.8. The molecular formula is C12H13F3N2O. The monoisotopic (exact) mass is 258 g/mol. The molecule has 1 aliphatic heterocycles. The summed E-state index contributed by atoms with van der Waals surface area (Å²) in [5, 5.41) is 0. The smallest absolute Gasteiger partial charge is 0.255 e. The van der Waals surface area contributed by atoms with Crippen LogP contribution in [-0.4, -0.2) is 34.8 Å². The van der Waals surface area contributed by atoms with Crippen molar-refractivity contribution in [3.63, 3.8) is 0 Å². The van der Waals surface area contributed by atoms with Gasteiger partial charge in [-0.2, -0.15) is 0 Å². The molecule has 6 heteroatoms. The third kappa shape index (κ3) is 2.63. The topological polar surface area (TPSA) is 33.2 Å². The Bertz CT molecular complexity index is 466. The highest BCUT2D eigenvalue weighted by atomic mass is 19.3. The van der Waals surface area contributed by atoms with Gasteiger partial charge in [-0.3, -0.25) is 9.78 Å². The maximum atomic E-state index is 13.3. The number of piperidine rings is 1. The Kier molecular flexibility index (Phi) is 3.28. The van der Waals surface area contributed by atoms with Crippen LogP contribution < -0.4 is 0 Å². The molecule has 1 aromatic heterocycles. The molecule has 2 rings (SSSR count). The van der Waals surface area contributed by atoms with E-state index in [1.165, 1.54) is 18.0 Å². The number of hydrogen-bond donors (Lipinski definition) is 0. The first kappa shape index (κ1) is 12.9. The highest BCUT2D eigenvalue weighted by molar-refractivity contribution is 5.94. The van der Waals surface area contributed by atoms with Crippen LogP contribution in [-0.2, 0) is 0 Å². The summed E-state index contributed by atoms with van der Waals surface area (Å²) < 4.78 is 39.2. The maximum Gasteiger partial charge on any atom is 0.255 e. The van der Waals surface area contributed by atoms with E-state index in [0.29, 0.717) is 0 Å². The lowest BCUT2D eigenvalue weighted by atomic mass is 10.1. The summed E-state index contributed by atoms with van der Waals surface area (Å²) in [4.78, 5) is 17.0. The van der Waals surface area contributed by atoms with Gasteiger partial charge in [0.05, 0.1) is 11.3 Å². The van der Waals surface area contributed by atoms with Crippen LogP contribution in [0.4, 0.5) is 13.2 Å². The Labute approximate surface area is 103 Å². The molecule has 0 saturated carbocycles. The van der Waals surface area contributed by atoms with Gasteiger partial charge in [0, 0.05) is 32.1 Å². The molecule has 1 saturated heterocycles. The zero-order valence-corrected chi connectivity index (χ0v) is 9.92. The van der Waals surface area contributed by atoms with Crippen LogP contribution in [0.1, 0.15) is 28.9 Å². The van der Waals surface area contributed by atoms with Crippen molar-refractivity contribution >= 4 is 5.91 Å². The molecule has 0 aliphatic carbocycles. The van der Waals surface area contributed by atoms with Crippen molar-refractivity contribution in [1.29, 1.82) is 0 Å². The van der Waals surface area contributed by atoms with E-state index in [9.17, 15) is 18.0 Å². The van der Waals surface area contributed by atoms with Crippen molar-refractivity contribution in [3.8, 4) is 0 Å². The SMILES string of the molecule is Cc1ncc(C(=O)N2CCC(F)(F)CC2)cc1F. The van der Waals surface area contributed by atoms with Gasteiger partial charge in [-0.15, -0.1) is 0 Å². The summed E-state index contributed by atoms with van der Waals surface area (Å²) in [6.07, 6.45) is 0.578. The van der Waals surface area contributed by atoms with Crippen molar-refractivity contribution in [2.75, 3.05) is 13.1 Å². The second kappa shape index (κ2) is 4.59. The molecule has 1 aliphatic rings. The third-order valence-electron chi connectivity index (χ3n) is 3.05. The number of likely N-dealkylation sites (tertiary alicyclic amines) is 1. The van der Waals surface area contributed by atoms with Gasteiger partial charge in [0.2, 0.25) is 0 Å². The molecule has 0 aromatic carbocycles. The molecule has 98 valence electrons. The molecule has 1 amide bonds. The second-order valence-corrected chi connectivity index (χ2v) is 4.44. The van der Waals surface area contributed by atoms with Crippen LogP contribution in [0.5, 0.6) is 0 Å². The van der Waals surface area contributed by atoms with Crippen molar-refractivity contribution in [3.05, 3.63) is 29.3 Å². The molecule has 1 fully saturated rings. The van der Waals surface area contributed by atoms with Crippen LogP contribution >= 0.6 is 0 Å². The minimum atomic E-state index is -2.70. The minimum Gasteiger partial charge on any atom is -0.338 e. The van der Waals surface area contributed by atoms with E-state index in [-0.39, 0.29) is 37.2 Å². The number of alkyl halides is 2. The highest BCUT2D eigenvalue weighted by Gasteiger charge is 2.35. The Morgan fingerprint density at radius 2 is 2.00 bits per heavy atom. The molecule has 0 radical (unpaired) electrons. The zero-order chi connectivity index (χ0) is 13.3. The number of rotatable bonds is 1. The van der Waals surface area contributed by atoms with Crippen LogP contribution in [0.15, 0.2) is 12.3 Å². The fourth-order valence-corrected chi connectivity index (χ4v) is 1.84. The summed E-state index contributed by atoms with van der Waals surface area (Å²) >= 11 is 0. The number of pyridine rings is 1. The van der Waals surface area contributed by atoms with Crippen LogP contribution in [0.2, 0.25) is 0 Å². The number of carbonyl (C=O) groups excluding carboxylic acids is 1. The Hall–Kier alpha value is -1.59. The lowest BCUT2D eigenvalue weighted by molar-refractivity contribution is -0.0494. The van der Waals surface area contributed by atoms with Gasteiger partial charge >= 0.3 is 0 Å². The summed E-state index contributed by atoms with van der Waals surface area (Å²) in [6, 6.07) is 1.09. The van der Waals surface area contributed by atoms with E-state index >= 15 is 0 Å². The second-order valence-electron chi connectivity index (χ2n) is 4.44. The molecule has 3 nitrogen and oxygen atoms in total. The van der Waals surface area contributed by atoms with Crippen LogP contribution in [0.3, 0.4) is 0 Å². The molecular weight excluding hydrogens is 245 g/mol. The van der Waals surface area contributed by atoms with Gasteiger partial charge in [0.1, 0.15) is 5.82 Å². The summed E-state index contributed by atoms with van der Waals surface area (Å²) in [5.41, 5.74) is 0.306. The number of nitrogens with zero attached hydrogens (tertiary/aromatic N) is 2. The number of halogens is 3. The molecule has 0 spiro atoms. The van der Waals surface area contributed by atoms with E-state index in [4.69, 9.17) is 0 Å². The van der Waals surface area contributed by atoms with Gasteiger partial charge < -0.3 is 4.90 Å². The number of amides is 1. The first-order valence-electron chi connectivity index (χ1n) is 5.68. The predicted molar refractivity (Wildman–Crippen MR) is 59.0 cm³/mol. The Morgan fingerprint density at radius 3 is 2.56 bits per heavy atom. The fourth-order valence-electron chi connectivity index (χ4n) is 1.84. The first-order valence-corrected chi connectivity index (χ1v) is 5.68. The summed E-state index contributed by atoms with van der Waals surface area (Å²) in [5.74, 6) is -3.71. The van der Waals surface area contributed by atoms with Crippen LogP contribution in [0.25, 0.3) is 0 Å². The van der Waals surface area contributed by atoms with Crippen molar-refractivity contribution in [1.82, 2.24) is 9.88 Å². The first-order chi connectivity index (χ1) is 8.39. The number of carbonyl (C=O) groups is 1. The molecule has 0 unspecified atom stereocenters. The van der Waals surface area contributed by atoms with Crippen LogP contribution in [0, 0.1) is 12.7 Å². The van der Waals surface area contributed by atoms with E-state index in [0.717, 1.165) is 6.07 Å². The molecule has 0 atom stereocenters. The lowest BCUT2D eigenvalue weighted by Gasteiger charge is -2.31. The largest absolute Gasteiger partial charge is 0.338 e. The summed E-state index contributed by atoms with van der Waals surface area (Å²) in [7, 11) is 0. The Morgan fingerprint density at radius 1 is 1.39 bits per heavy atom. The third-order valence-corrected chi connectivity index (χ3v) is 3.05. The summed E-state index contributed by atoms with van der Waals surface area (Å²) in [6.45, 7) is 1.47. The minimum absolute atomic E-state index is 0.0126. The Balaban J connectivity index is 2.10. The number of hydrogen-bond acceptors (Lipinski definition) is 2. The van der Waals surface area contributed by atoms with Gasteiger partial charge in [0.15, 0.2) is 0 Å². The van der Waals surface area contributed by atoms with Crippen molar-refractivity contribution < 1.29 is 18.0 Å². The molecule has 18 heavy (non-hydrogen) atoms. The quantitative estimate of drug-likeness (QED) is 0.775. The number of aromatic nitrogens is 1. The fraction of sp³-hybridized carbons (Fsp3) is 0.500. The predicted octanol–water partition coefficient (Wildman–Crippen LogP) is 2.40.